The molecule has 8 heteroatoms. The first kappa shape index (κ1) is 54.9. The van der Waals surface area contributed by atoms with Crippen molar-refractivity contribution in [1.29, 1.82) is 0 Å². The predicted molar refractivity (Wildman–Crippen MR) is 382 cm³/mol. The van der Waals surface area contributed by atoms with Crippen molar-refractivity contribution >= 4 is 43.6 Å². The van der Waals surface area contributed by atoms with E-state index in [1.54, 1.807) is 0 Å². The van der Waals surface area contributed by atoms with Crippen LogP contribution in [0.4, 0.5) is 0 Å². The van der Waals surface area contributed by atoms with Crippen molar-refractivity contribution in [3.05, 3.63) is 313 Å². The van der Waals surface area contributed by atoms with Crippen LogP contribution >= 0.6 is 0 Å². The van der Waals surface area contributed by atoms with Crippen molar-refractivity contribution in [3.63, 3.8) is 0 Å². The normalized spacial score (nSPS) is 13.3. The largest absolute Gasteiger partial charge is 0.424 e. The summed E-state index contributed by atoms with van der Waals surface area (Å²) in [5, 5.41) is 4.65. The van der Waals surface area contributed by atoms with Crippen LogP contribution in [0.15, 0.2) is 291 Å². The second kappa shape index (κ2) is 21.3. The van der Waals surface area contributed by atoms with E-state index in [9.17, 15) is 0 Å². The molecule has 0 aliphatic heterocycles. The fourth-order valence-corrected chi connectivity index (χ4v) is 14.9. The Labute approximate surface area is 544 Å². The summed E-state index contributed by atoms with van der Waals surface area (Å²) in [6.45, 7) is 9.41. The Bertz CT molecular complexity index is 5260. The lowest BCUT2D eigenvalue weighted by atomic mass is 9.82. The van der Waals surface area contributed by atoms with Crippen LogP contribution in [0, 0.1) is 0 Å². The molecule has 16 aromatic rings. The number of hydrogen-bond acceptors (Lipinski definition) is 6. The summed E-state index contributed by atoms with van der Waals surface area (Å²) in [7, 11) is 0. The maximum Gasteiger partial charge on any atom is 0.323 e. The van der Waals surface area contributed by atoms with Gasteiger partial charge in [0.05, 0.1) is 44.8 Å². The van der Waals surface area contributed by atoms with Crippen molar-refractivity contribution in [2.24, 2.45) is 0 Å². The monoisotopic (exact) mass is 1210 g/mol. The Hall–Kier alpha value is -12.0. The molecule has 446 valence electrons. The van der Waals surface area contributed by atoms with E-state index in [4.69, 9.17) is 29.4 Å². The van der Waals surface area contributed by atoms with Gasteiger partial charge in [0.25, 0.3) is 0 Å². The molecule has 0 bridgehead atoms. The van der Waals surface area contributed by atoms with Gasteiger partial charge in [-0.1, -0.05) is 222 Å². The van der Waals surface area contributed by atoms with Crippen LogP contribution in [-0.2, 0) is 10.8 Å². The van der Waals surface area contributed by atoms with Gasteiger partial charge >= 0.3 is 12.0 Å². The number of fused-ring (bicyclic) bond motifs is 12. The molecule has 0 amide bonds. The van der Waals surface area contributed by atoms with Crippen molar-refractivity contribution in [2.45, 2.75) is 38.5 Å². The highest BCUT2D eigenvalue weighted by Gasteiger charge is 2.38. The van der Waals surface area contributed by atoms with Gasteiger partial charge in [-0.05, 0) is 141 Å². The molecule has 0 unspecified atom stereocenters. The molecule has 0 saturated heterocycles. The van der Waals surface area contributed by atoms with Crippen molar-refractivity contribution in [2.75, 3.05) is 0 Å². The van der Waals surface area contributed by atoms with E-state index in [0.717, 1.165) is 100 Å². The number of ether oxygens (including phenoxy) is 2. The first-order valence-electron chi connectivity index (χ1n) is 32.1. The molecule has 0 spiro atoms. The lowest BCUT2D eigenvalue weighted by molar-refractivity contribution is 0.442. The maximum atomic E-state index is 6.76. The third kappa shape index (κ3) is 8.96. The highest BCUT2D eigenvalue weighted by Crippen LogP contribution is 2.53. The average molecular weight is 1210 g/mol. The molecule has 0 radical (unpaired) electrons. The van der Waals surface area contributed by atoms with Crippen LogP contribution < -0.4 is 9.47 Å². The van der Waals surface area contributed by atoms with Gasteiger partial charge in [-0.15, -0.1) is 0 Å². The number of aromatic nitrogens is 6. The van der Waals surface area contributed by atoms with Crippen LogP contribution in [0.5, 0.6) is 23.5 Å². The highest BCUT2D eigenvalue weighted by molar-refractivity contribution is 6.15. The van der Waals surface area contributed by atoms with Gasteiger partial charge in [-0.3, -0.25) is 0 Å². The molecule has 0 saturated carbocycles. The fourth-order valence-electron chi connectivity index (χ4n) is 14.9. The third-order valence-electron chi connectivity index (χ3n) is 19.5. The number of nitrogens with zero attached hydrogens (tertiary/aromatic N) is 6. The molecule has 4 heterocycles. The van der Waals surface area contributed by atoms with E-state index in [1.165, 1.54) is 55.3 Å². The van der Waals surface area contributed by atoms with Crippen LogP contribution in [-0.4, -0.2) is 29.1 Å². The van der Waals surface area contributed by atoms with Gasteiger partial charge in [0.2, 0.25) is 0 Å². The standard InChI is InChI=1S/C86H60N6O2/c1-85(2)71-37-19-17-35-63(71)65-47-69-67-43-57(39-41-79(67)91(81(69)49-73(65)85)59-31-21-33-61(45-59)93-83-87-75(53-23-9-5-10-24-53)51-76(88-83)54-25-11-6-12-26-54)58-40-42-80-68(44-58)70-48-66-64-36-18-20-38-72(64)86(3,4)74(66)50-82(70)92(80)60-32-22-34-62(46-60)94-84-89-77(55-27-13-7-14-28-55)52-78(90-84)56-29-15-8-16-30-56/h5-52H,1-4H3. The summed E-state index contributed by atoms with van der Waals surface area (Å²) in [4.78, 5) is 20.0. The van der Waals surface area contributed by atoms with Gasteiger partial charge in [0.1, 0.15) is 11.5 Å². The maximum absolute atomic E-state index is 6.76. The van der Waals surface area contributed by atoms with E-state index >= 15 is 0 Å². The van der Waals surface area contributed by atoms with Gasteiger partial charge in [0, 0.05) is 78.1 Å². The summed E-state index contributed by atoms with van der Waals surface area (Å²) in [5.41, 5.74) is 25.6. The van der Waals surface area contributed by atoms with E-state index in [2.05, 4.69) is 231 Å². The summed E-state index contributed by atoms with van der Waals surface area (Å²) < 4.78 is 18.3. The summed E-state index contributed by atoms with van der Waals surface area (Å²) in [6.07, 6.45) is 0. The average Bonchev–Trinajstić information content (AvgIpc) is 1.56. The van der Waals surface area contributed by atoms with Gasteiger partial charge in [-0.25, -0.2) is 0 Å². The molecule has 18 rings (SSSR count). The van der Waals surface area contributed by atoms with Crippen molar-refractivity contribution in [1.82, 2.24) is 29.1 Å². The predicted octanol–water partition coefficient (Wildman–Crippen LogP) is 22.0. The van der Waals surface area contributed by atoms with E-state index < -0.39 is 0 Å². The molecule has 8 nitrogen and oxygen atoms in total. The molecule has 0 N–H and O–H groups in total. The van der Waals surface area contributed by atoms with Gasteiger partial charge < -0.3 is 18.6 Å². The molecule has 94 heavy (non-hydrogen) atoms. The Morgan fingerprint density at radius 2 is 0.596 bits per heavy atom. The van der Waals surface area contributed by atoms with Gasteiger partial charge in [0.15, 0.2) is 0 Å². The van der Waals surface area contributed by atoms with Crippen LogP contribution in [0.1, 0.15) is 49.9 Å². The zero-order chi connectivity index (χ0) is 62.8. The van der Waals surface area contributed by atoms with Gasteiger partial charge in [-0.2, -0.15) is 19.9 Å². The zero-order valence-corrected chi connectivity index (χ0v) is 52.2. The first-order valence-corrected chi connectivity index (χ1v) is 32.1. The smallest absolute Gasteiger partial charge is 0.323 e. The lowest BCUT2D eigenvalue weighted by Gasteiger charge is -2.21. The fraction of sp³-hybridized carbons (Fsp3) is 0.0698. The number of hydrogen-bond donors (Lipinski definition) is 0. The highest BCUT2D eigenvalue weighted by atomic mass is 16.5. The quantitative estimate of drug-likeness (QED) is 0.128. The summed E-state index contributed by atoms with van der Waals surface area (Å²) in [6, 6.07) is 104. The lowest BCUT2D eigenvalue weighted by Crippen LogP contribution is -2.14. The Morgan fingerprint density at radius 3 is 0.968 bits per heavy atom. The summed E-state index contributed by atoms with van der Waals surface area (Å²) >= 11 is 0. The first-order chi connectivity index (χ1) is 46.1. The minimum atomic E-state index is -0.217. The topological polar surface area (TPSA) is 79.9 Å². The Balaban J connectivity index is 0.785. The molecule has 0 atom stereocenters. The number of rotatable bonds is 11. The molecule has 2 aliphatic rings. The second-order valence-corrected chi connectivity index (χ2v) is 25.8. The Kier molecular flexibility index (Phi) is 12.4. The summed E-state index contributed by atoms with van der Waals surface area (Å²) in [5.74, 6) is 1.26. The van der Waals surface area contributed by atoms with Crippen LogP contribution in [0.2, 0.25) is 0 Å². The molecule has 12 aromatic carbocycles. The zero-order valence-electron chi connectivity index (χ0n) is 52.2. The molecular formula is C86H60N6O2. The van der Waals surface area contributed by atoms with Crippen LogP contribution in [0.3, 0.4) is 0 Å². The van der Waals surface area contributed by atoms with E-state index in [-0.39, 0.29) is 22.9 Å². The molecule has 4 aromatic heterocycles. The molecule has 2 aliphatic carbocycles. The SMILES string of the molecule is CC1(C)c2ccccc2-c2cc3c4cc(-c5ccc6c(c5)c5cc7c(cc5n6-c5cccc(Oc6nc(-c8ccccc8)cc(-c8ccccc8)n6)c5)C(C)(C)c5ccccc5-7)ccc4n(-c4cccc(Oc5nc(-c6ccccc6)cc(-c6ccccc6)n5)c4)c3cc21. The minimum absolute atomic E-state index is 0.217. The second-order valence-electron chi connectivity index (χ2n) is 25.8. The molecule has 0 fully saturated rings. The minimum Gasteiger partial charge on any atom is -0.424 e. The van der Waals surface area contributed by atoms with E-state index in [1.807, 2.05) is 97.1 Å². The van der Waals surface area contributed by atoms with E-state index in [0.29, 0.717) is 11.5 Å². The van der Waals surface area contributed by atoms with Crippen LogP contribution in [0.25, 0.3) is 133 Å². The molecular weight excluding hydrogens is 1150 g/mol. The third-order valence-corrected chi connectivity index (χ3v) is 19.5. The Morgan fingerprint density at radius 1 is 0.255 bits per heavy atom. The van der Waals surface area contributed by atoms with Crippen molar-refractivity contribution in [3.8, 4) is 113 Å². The van der Waals surface area contributed by atoms with Crippen molar-refractivity contribution < 1.29 is 9.47 Å². The number of benzene rings is 12.